The van der Waals surface area contributed by atoms with Gasteiger partial charge < -0.3 is 0 Å². The molecule has 2 nitrogen and oxygen atoms in total. The van der Waals surface area contributed by atoms with Gasteiger partial charge in [-0.05, 0) is 31.0 Å². The molecule has 3 heteroatoms. The van der Waals surface area contributed by atoms with Crippen LogP contribution in [0.4, 0.5) is 0 Å². The summed E-state index contributed by atoms with van der Waals surface area (Å²) in [6.45, 7) is 3.82. The van der Waals surface area contributed by atoms with Gasteiger partial charge in [0.2, 0.25) is 0 Å². The average Bonchev–Trinajstić information content (AvgIpc) is 1.92. The maximum absolute atomic E-state index is 11.4. The lowest BCUT2D eigenvalue weighted by molar-refractivity contribution is 0.678. The average molecular weight is 183 g/mol. The molecule has 0 saturated heterocycles. The van der Waals surface area contributed by atoms with E-state index in [2.05, 4.69) is 0 Å². The van der Waals surface area contributed by atoms with Crippen molar-refractivity contribution in [2.75, 3.05) is 6.26 Å². The molecule has 66 valence electrons. The molecule has 1 atom stereocenters. The van der Waals surface area contributed by atoms with Crippen molar-refractivity contribution in [1.29, 1.82) is 4.78 Å². The number of hydrogen-bond donors (Lipinski definition) is 1. The number of nitrogens with one attached hydrogen (secondary N) is 1. The van der Waals surface area contributed by atoms with Crippen LogP contribution in [-0.4, -0.2) is 10.5 Å². The Balaban J connectivity index is 3.43. The lowest BCUT2D eigenvalue weighted by Crippen LogP contribution is -1.98. The fourth-order valence-electron chi connectivity index (χ4n) is 1.13. The van der Waals surface area contributed by atoms with Gasteiger partial charge in [0.15, 0.2) is 0 Å². The van der Waals surface area contributed by atoms with E-state index < -0.39 is 9.73 Å². The Morgan fingerprint density at radius 2 is 1.92 bits per heavy atom. The second-order valence-electron chi connectivity index (χ2n) is 3.11. The van der Waals surface area contributed by atoms with Gasteiger partial charge in [-0.1, -0.05) is 12.1 Å². The van der Waals surface area contributed by atoms with Gasteiger partial charge in [0, 0.05) is 6.26 Å². The van der Waals surface area contributed by atoms with E-state index in [1.54, 1.807) is 0 Å². The third-order valence-electron chi connectivity index (χ3n) is 1.76. The van der Waals surface area contributed by atoms with Crippen molar-refractivity contribution in [3.05, 3.63) is 29.3 Å². The van der Waals surface area contributed by atoms with Crippen LogP contribution in [0.2, 0.25) is 0 Å². The van der Waals surface area contributed by atoms with E-state index >= 15 is 0 Å². The first-order valence-corrected chi connectivity index (χ1v) is 5.69. The predicted molar refractivity (Wildman–Crippen MR) is 51.0 cm³/mol. The Morgan fingerprint density at radius 3 is 2.33 bits per heavy atom. The summed E-state index contributed by atoms with van der Waals surface area (Å²) >= 11 is 0. The summed E-state index contributed by atoms with van der Waals surface area (Å²) in [5.74, 6) is 0. The number of aryl methyl sites for hydroxylation is 2. The summed E-state index contributed by atoms with van der Waals surface area (Å²) in [6.07, 6.45) is 1.45. The minimum absolute atomic E-state index is 0.655. The molecule has 0 fully saturated rings. The van der Waals surface area contributed by atoms with Crippen LogP contribution in [0.25, 0.3) is 0 Å². The zero-order valence-corrected chi connectivity index (χ0v) is 8.37. The van der Waals surface area contributed by atoms with Gasteiger partial charge in [0.25, 0.3) is 0 Å². The number of hydrogen-bond acceptors (Lipinski definition) is 2. The van der Waals surface area contributed by atoms with Crippen LogP contribution in [0.3, 0.4) is 0 Å². The third-order valence-corrected chi connectivity index (χ3v) is 3.04. The van der Waals surface area contributed by atoms with Crippen LogP contribution in [0.1, 0.15) is 11.1 Å². The van der Waals surface area contributed by atoms with Crippen LogP contribution in [0.5, 0.6) is 0 Å². The molecule has 0 aliphatic heterocycles. The molecule has 0 saturated carbocycles. The van der Waals surface area contributed by atoms with Crippen molar-refractivity contribution >= 4 is 9.73 Å². The molecule has 1 rings (SSSR count). The molecule has 0 aliphatic carbocycles. The van der Waals surface area contributed by atoms with Gasteiger partial charge in [0.1, 0.15) is 0 Å². The smallest absolute Gasteiger partial charge is 0.0699 e. The first-order valence-electron chi connectivity index (χ1n) is 3.72. The normalized spacial score (nSPS) is 15.6. The molecule has 1 unspecified atom stereocenters. The molecule has 0 amide bonds. The summed E-state index contributed by atoms with van der Waals surface area (Å²) in [6, 6.07) is 5.69. The summed E-state index contributed by atoms with van der Waals surface area (Å²) < 4.78 is 18.9. The van der Waals surface area contributed by atoms with Crippen LogP contribution in [-0.2, 0) is 9.73 Å². The fourth-order valence-corrected chi connectivity index (χ4v) is 2.22. The lowest BCUT2D eigenvalue weighted by atomic mass is 10.2. The highest BCUT2D eigenvalue weighted by molar-refractivity contribution is 7.91. The standard InChI is InChI=1S/C9H13NOS/c1-7-4-5-8(2)9(6-7)12(3,10)11/h4-6,10H,1-3H3. The van der Waals surface area contributed by atoms with E-state index in [9.17, 15) is 4.21 Å². The second-order valence-corrected chi connectivity index (χ2v) is 5.24. The van der Waals surface area contributed by atoms with Gasteiger partial charge >= 0.3 is 0 Å². The quantitative estimate of drug-likeness (QED) is 0.713. The Morgan fingerprint density at radius 1 is 1.33 bits per heavy atom. The van der Waals surface area contributed by atoms with Crippen molar-refractivity contribution in [3.63, 3.8) is 0 Å². The molecule has 0 heterocycles. The molecular formula is C9H13NOS. The van der Waals surface area contributed by atoms with Gasteiger partial charge in [-0.2, -0.15) is 0 Å². The largest absolute Gasteiger partial charge is 0.249 e. The number of benzene rings is 1. The Hall–Kier alpha value is -0.830. The van der Waals surface area contributed by atoms with Crippen LogP contribution in [0.15, 0.2) is 23.1 Å². The summed E-state index contributed by atoms with van der Waals surface area (Å²) in [7, 11) is -2.56. The topological polar surface area (TPSA) is 40.9 Å². The Bertz CT molecular complexity index is 393. The van der Waals surface area contributed by atoms with E-state index in [-0.39, 0.29) is 0 Å². The Kier molecular flexibility index (Phi) is 2.24. The van der Waals surface area contributed by atoms with Crippen LogP contribution in [0, 0.1) is 18.6 Å². The summed E-state index contributed by atoms with van der Waals surface area (Å²) in [5.41, 5.74) is 1.99. The first kappa shape index (κ1) is 9.26. The van der Waals surface area contributed by atoms with E-state index in [0.29, 0.717) is 4.90 Å². The molecule has 1 aromatic carbocycles. The van der Waals surface area contributed by atoms with E-state index in [1.165, 1.54) is 6.26 Å². The van der Waals surface area contributed by atoms with E-state index in [4.69, 9.17) is 4.78 Å². The van der Waals surface area contributed by atoms with Crippen molar-refractivity contribution in [2.24, 2.45) is 0 Å². The number of rotatable bonds is 1. The first-order chi connectivity index (χ1) is 5.41. The SMILES string of the molecule is Cc1ccc(C)c(S(C)(=N)=O)c1. The predicted octanol–water partition coefficient (Wildman–Crippen LogP) is 2.34. The van der Waals surface area contributed by atoms with Gasteiger partial charge in [-0.3, -0.25) is 0 Å². The molecule has 0 spiro atoms. The van der Waals surface area contributed by atoms with Gasteiger partial charge in [-0.25, -0.2) is 8.99 Å². The van der Waals surface area contributed by atoms with E-state index in [0.717, 1.165) is 11.1 Å². The van der Waals surface area contributed by atoms with E-state index in [1.807, 2.05) is 32.0 Å². The molecule has 0 radical (unpaired) electrons. The summed E-state index contributed by atoms with van der Waals surface area (Å²) in [5, 5.41) is 0. The molecule has 1 N–H and O–H groups in total. The maximum Gasteiger partial charge on any atom is 0.0699 e. The molecule has 1 aromatic rings. The lowest BCUT2D eigenvalue weighted by Gasteiger charge is -2.05. The highest BCUT2D eigenvalue weighted by Crippen LogP contribution is 2.16. The minimum Gasteiger partial charge on any atom is -0.249 e. The zero-order chi connectivity index (χ0) is 9.35. The Labute approximate surface area is 73.6 Å². The highest BCUT2D eigenvalue weighted by Gasteiger charge is 2.06. The van der Waals surface area contributed by atoms with Crippen LogP contribution >= 0.6 is 0 Å². The van der Waals surface area contributed by atoms with Crippen molar-refractivity contribution in [2.45, 2.75) is 18.7 Å². The van der Waals surface area contributed by atoms with Crippen molar-refractivity contribution < 1.29 is 4.21 Å². The second kappa shape index (κ2) is 2.90. The molecule has 0 aromatic heterocycles. The van der Waals surface area contributed by atoms with Crippen molar-refractivity contribution in [3.8, 4) is 0 Å². The highest BCUT2D eigenvalue weighted by atomic mass is 32.2. The third kappa shape index (κ3) is 1.85. The molecule has 0 aliphatic rings. The molecule has 0 bridgehead atoms. The van der Waals surface area contributed by atoms with Crippen molar-refractivity contribution in [1.82, 2.24) is 0 Å². The van der Waals surface area contributed by atoms with Gasteiger partial charge in [-0.15, -0.1) is 0 Å². The minimum atomic E-state index is -2.56. The fraction of sp³-hybridized carbons (Fsp3) is 0.333. The monoisotopic (exact) mass is 183 g/mol. The molecule has 12 heavy (non-hydrogen) atoms. The maximum atomic E-state index is 11.4. The molecular weight excluding hydrogens is 170 g/mol. The summed E-state index contributed by atoms with van der Waals surface area (Å²) in [4.78, 5) is 0.655. The van der Waals surface area contributed by atoms with Gasteiger partial charge in [0.05, 0.1) is 14.6 Å². The van der Waals surface area contributed by atoms with Crippen LogP contribution < -0.4 is 0 Å². The zero-order valence-electron chi connectivity index (χ0n) is 7.55.